The smallest absolute Gasteiger partial charge is 0.127 e. The van der Waals surface area contributed by atoms with Gasteiger partial charge in [0.15, 0.2) is 0 Å². The van der Waals surface area contributed by atoms with E-state index >= 15 is 0 Å². The summed E-state index contributed by atoms with van der Waals surface area (Å²) >= 11 is 0. The van der Waals surface area contributed by atoms with E-state index in [-0.39, 0.29) is 5.60 Å². The lowest BCUT2D eigenvalue weighted by Crippen LogP contribution is -2.36. The molecule has 1 heterocycles. The van der Waals surface area contributed by atoms with Gasteiger partial charge in [-0.2, -0.15) is 0 Å². The van der Waals surface area contributed by atoms with Gasteiger partial charge in [0.05, 0.1) is 0 Å². The minimum atomic E-state index is -0.140. The van der Waals surface area contributed by atoms with Crippen LogP contribution >= 0.6 is 0 Å². The van der Waals surface area contributed by atoms with E-state index in [2.05, 4.69) is 52.8 Å². The number of fused-ring (bicyclic) bond motifs is 1. The average Bonchev–Trinajstić information content (AvgIpc) is 2.61. The molecule has 1 N–H and O–H groups in total. The molecule has 1 aliphatic rings. The lowest BCUT2D eigenvalue weighted by Gasteiger charge is -2.36. The molecule has 0 aromatic heterocycles. The number of phenols is 1. The van der Waals surface area contributed by atoms with Crippen LogP contribution in [0.2, 0.25) is 0 Å². The van der Waals surface area contributed by atoms with E-state index in [1.165, 1.54) is 23.1 Å². The van der Waals surface area contributed by atoms with Gasteiger partial charge < -0.3 is 9.84 Å². The van der Waals surface area contributed by atoms with Crippen LogP contribution in [0.5, 0.6) is 11.5 Å². The number of hydrogen-bond donors (Lipinski definition) is 1. The summed E-state index contributed by atoms with van der Waals surface area (Å²) in [5.41, 5.74) is 5.18. The van der Waals surface area contributed by atoms with Gasteiger partial charge in [-0.1, -0.05) is 41.0 Å². The highest BCUT2D eigenvalue weighted by Crippen LogP contribution is 2.39. The molecular weight excluding hydrogens is 344 g/mol. The van der Waals surface area contributed by atoms with Gasteiger partial charge in [-0.05, 0) is 98.1 Å². The molecule has 2 heteroatoms. The summed E-state index contributed by atoms with van der Waals surface area (Å²) in [6, 6.07) is 5.58. The molecule has 1 aromatic carbocycles. The minimum absolute atomic E-state index is 0.140. The predicted octanol–water partition coefficient (Wildman–Crippen LogP) is 7.68. The van der Waals surface area contributed by atoms with Gasteiger partial charge in [-0.15, -0.1) is 0 Å². The normalized spacial score (nSPS) is 19.8. The van der Waals surface area contributed by atoms with Gasteiger partial charge >= 0.3 is 0 Å². The second kappa shape index (κ2) is 10.5. The number of hydrogen-bond acceptors (Lipinski definition) is 2. The lowest BCUT2D eigenvalue weighted by atomic mass is 9.88. The van der Waals surface area contributed by atoms with E-state index in [0.717, 1.165) is 56.3 Å². The van der Waals surface area contributed by atoms with Gasteiger partial charge in [0.2, 0.25) is 0 Å². The van der Waals surface area contributed by atoms with Crippen molar-refractivity contribution in [1.82, 2.24) is 0 Å². The van der Waals surface area contributed by atoms with Crippen LogP contribution in [0, 0.1) is 0 Å². The molecule has 0 fully saturated rings. The predicted molar refractivity (Wildman–Crippen MR) is 120 cm³/mol. The molecule has 0 aliphatic carbocycles. The van der Waals surface area contributed by atoms with Crippen LogP contribution in [0.1, 0.15) is 85.1 Å². The fourth-order valence-corrected chi connectivity index (χ4v) is 3.75. The number of phenolic OH excluding ortho intramolecular Hbond substituents is 1. The molecule has 0 radical (unpaired) electrons. The summed E-state index contributed by atoms with van der Waals surface area (Å²) < 4.78 is 6.25. The molecule has 2 rings (SSSR count). The molecule has 0 saturated heterocycles. The van der Waals surface area contributed by atoms with Crippen molar-refractivity contribution in [1.29, 1.82) is 0 Å². The van der Waals surface area contributed by atoms with E-state index in [0.29, 0.717) is 5.75 Å². The zero-order valence-corrected chi connectivity index (χ0v) is 18.5. The Hall–Kier alpha value is -1.96. The molecule has 0 saturated carbocycles. The molecule has 0 bridgehead atoms. The Morgan fingerprint density at radius 1 is 1.00 bits per heavy atom. The van der Waals surface area contributed by atoms with Crippen LogP contribution in [0.15, 0.2) is 53.1 Å². The van der Waals surface area contributed by atoms with Crippen molar-refractivity contribution in [3.8, 4) is 11.5 Å². The molecule has 1 unspecified atom stereocenters. The Kier molecular flexibility index (Phi) is 8.41. The van der Waals surface area contributed by atoms with Crippen molar-refractivity contribution in [3.63, 3.8) is 0 Å². The van der Waals surface area contributed by atoms with Gasteiger partial charge in [-0.3, -0.25) is 0 Å². The van der Waals surface area contributed by atoms with E-state index in [4.69, 9.17) is 4.74 Å². The molecule has 0 amide bonds. The highest BCUT2D eigenvalue weighted by Gasteiger charge is 2.31. The highest BCUT2D eigenvalue weighted by atomic mass is 16.5. The first-order valence-electron chi connectivity index (χ1n) is 10.7. The Bertz CT molecular complexity index is 735. The Balaban J connectivity index is 1.75. The van der Waals surface area contributed by atoms with Crippen LogP contribution in [-0.2, 0) is 6.42 Å². The fraction of sp³-hybridized carbons (Fsp3) is 0.538. The second-order valence-corrected chi connectivity index (χ2v) is 8.80. The highest BCUT2D eigenvalue weighted by molar-refractivity contribution is 5.45. The van der Waals surface area contributed by atoms with Crippen LogP contribution in [0.4, 0.5) is 0 Å². The van der Waals surface area contributed by atoms with Crippen LogP contribution < -0.4 is 4.74 Å². The summed E-state index contributed by atoms with van der Waals surface area (Å²) in [7, 11) is 0. The largest absolute Gasteiger partial charge is 0.508 e. The summed E-state index contributed by atoms with van der Waals surface area (Å²) in [6.45, 7) is 11.0. The SMILES string of the molecule is CC(C)=CCC/C(C)=C/CC/C(C)=C/CCC1(C)CCc2c(O)cccc2O1. The second-order valence-electron chi connectivity index (χ2n) is 8.80. The molecular formula is C26H38O2. The molecule has 1 atom stereocenters. The standard InChI is InChI=1S/C26H38O2/c1-20(2)10-6-11-21(3)12-7-13-22(4)14-9-18-26(5)19-17-23-24(27)15-8-16-25(23)28-26/h8,10,12,14-16,27H,6-7,9,11,13,17-19H2,1-5H3/b21-12+,22-14+. The number of benzene rings is 1. The zero-order valence-electron chi connectivity index (χ0n) is 18.5. The maximum absolute atomic E-state index is 9.97. The number of aromatic hydroxyl groups is 1. The minimum Gasteiger partial charge on any atom is -0.508 e. The fourth-order valence-electron chi connectivity index (χ4n) is 3.75. The quantitative estimate of drug-likeness (QED) is 0.444. The number of ether oxygens (including phenoxy) is 1. The molecule has 28 heavy (non-hydrogen) atoms. The van der Waals surface area contributed by atoms with E-state index < -0.39 is 0 Å². The zero-order chi connectivity index (χ0) is 20.6. The van der Waals surface area contributed by atoms with Crippen LogP contribution in [0.25, 0.3) is 0 Å². The van der Waals surface area contributed by atoms with Crippen molar-refractivity contribution >= 4 is 0 Å². The Morgan fingerprint density at radius 3 is 2.32 bits per heavy atom. The van der Waals surface area contributed by atoms with Gasteiger partial charge in [-0.25, -0.2) is 0 Å². The van der Waals surface area contributed by atoms with E-state index in [9.17, 15) is 5.11 Å². The van der Waals surface area contributed by atoms with Crippen molar-refractivity contribution in [2.75, 3.05) is 0 Å². The summed E-state index contributed by atoms with van der Waals surface area (Å²) in [4.78, 5) is 0. The Morgan fingerprint density at radius 2 is 1.64 bits per heavy atom. The first-order valence-corrected chi connectivity index (χ1v) is 10.7. The maximum Gasteiger partial charge on any atom is 0.127 e. The van der Waals surface area contributed by atoms with Crippen molar-refractivity contribution in [2.24, 2.45) is 0 Å². The number of allylic oxidation sites excluding steroid dienone is 6. The summed E-state index contributed by atoms with van der Waals surface area (Å²) in [5.74, 6) is 1.21. The van der Waals surface area contributed by atoms with E-state index in [1.807, 2.05) is 12.1 Å². The summed E-state index contributed by atoms with van der Waals surface area (Å²) in [5, 5.41) is 9.97. The molecule has 0 spiro atoms. The molecule has 1 aliphatic heterocycles. The van der Waals surface area contributed by atoms with Crippen molar-refractivity contribution in [3.05, 3.63) is 58.7 Å². The van der Waals surface area contributed by atoms with Gasteiger partial charge in [0.25, 0.3) is 0 Å². The average molecular weight is 383 g/mol. The molecule has 1 aromatic rings. The van der Waals surface area contributed by atoms with Crippen molar-refractivity contribution < 1.29 is 9.84 Å². The van der Waals surface area contributed by atoms with Gasteiger partial charge in [0.1, 0.15) is 17.1 Å². The monoisotopic (exact) mass is 382 g/mol. The first-order chi connectivity index (χ1) is 13.3. The van der Waals surface area contributed by atoms with Crippen LogP contribution in [-0.4, -0.2) is 10.7 Å². The molecule has 2 nitrogen and oxygen atoms in total. The lowest BCUT2D eigenvalue weighted by molar-refractivity contribution is 0.0564. The summed E-state index contributed by atoms with van der Waals surface area (Å²) in [6.07, 6.45) is 15.6. The topological polar surface area (TPSA) is 29.5 Å². The molecule has 154 valence electrons. The Labute approximate surface area is 172 Å². The van der Waals surface area contributed by atoms with E-state index in [1.54, 1.807) is 6.07 Å². The van der Waals surface area contributed by atoms with Crippen LogP contribution in [0.3, 0.4) is 0 Å². The third-order valence-corrected chi connectivity index (χ3v) is 5.66. The number of rotatable bonds is 9. The maximum atomic E-state index is 9.97. The third kappa shape index (κ3) is 7.22. The van der Waals surface area contributed by atoms with Crippen molar-refractivity contribution in [2.45, 2.75) is 91.6 Å². The van der Waals surface area contributed by atoms with Gasteiger partial charge in [0, 0.05) is 5.56 Å². The third-order valence-electron chi connectivity index (χ3n) is 5.66. The first kappa shape index (κ1) is 22.3.